The fourth-order valence-corrected chi connectivity index (χ4v) is 4.54. The average molecular weight is 509 g/mol. The highest BCUT2D eigenvalue weighted by Gasteiger charge is 2.33. The maximum Gasteiger partial charge on any atom is 0.246 e. The summed E-state index contributed by atoms with van der Waals surface area (Å²) in [6, 6.07) is 6.27. The number of amides is 3. The SMILES string of the molecule is NS(=O)(=O)c1ccc(CCNCC(=O)NC(=O)CN(C(=O)CNCCN2CCCC2)C2CC2)cc1. The van der Waals surface area contributed by atoms with Crippen LogP contribution in [0.25, 0.3) is 0 Å². The molecule has 1 heterocycles. The van der Waals surface area contributed by atoms with E-state index in [1.54, 1.807) is 17.0 Å². The van der Waals surface area contributed by atoms with Crippen LogP contribution in [-0.2, 0) is 30.8 Å². The van der Waals surface area contributed by atoms with E-state index in [9.17, 15) is 22.8 Å². The molecule has 0 unspecified atom stereocenters. The highest BCUT2D eigenvalue weighted by Crippen LogP contribution is 2.26. The number of imide groups is 1. The maximum absolute atomic E-state index is 12.6. The zero-order valence-corrected chi connectivity index (χ0v) is 20.8. The second-order valence-corrected chi connectivity index (χ2v) is 10.6. The van der Waals surface area contributed by atoms with Crippen LogP contribution in [0.5, 0.6) is 0 Å². The second kappa shape index (κ2) is 13.1. The molecule has 2 fully saturated rings. The Balaban J connectivity index is 1.31. The van der Waals surface area contributed by atoms with Gasteiger partial charge in [0.15, 0.2) is 0 Å². The molecule has 3 rings (SSSR count). The van der Waals surface area contributed by atoms with Gasteiger partial charge in [0, 0.05) is 19.1 Å². The zero-order valence-electron chi connectivity index (χ0n) is 20.0. The molecule has 1 saturated carbocycles. The van der Waals surface area contributed by atoms with Crippen LogP contribution in [0.3, 0.4) is 0 Å². The van der Waals surface area contributed by atoms with Crippen molar-refractivity contribution in [2.45, 2.75) is 43.0 Å². The molecule has 3 amide bonds. The van der Waals surface area contributed by atoms with Gasteiger partial charge in [-0.25, -0.2) is 13.6 Å². The number of rotatable bonds is 14. The average Bonchev–Trinajstić information content (AvgIpc) is 3.52. The molecule has 0 bridgehead atoms. The minimum atomic E-state index is -3.72. The minimum absolute atomic E-state index is 0.0451. The van der Waals surface area contributed by atoms with Crippen LogP contribution in [0.2, 0.25) is 0 Å². The van der Waals surface area contributed by atoms with Gasteiger partial charge in [0.2, 0.25) is 27.7 Å². The molecule has 0 aromatic heterocycles. The van der Waals surface area contributed by atoms with Crippen molar-refractivity contribution in [1.82, 2.24) is 25.8 Å². The topological polar surface area (TPSA) is 154 Å². The first-order valence-corrected chi connectivity index (χ1v) is 13.6. The number of primary sulfonamides is 1. The van der Waals surface area contributed by atoms with Crippen molar-refractivity contribution in [2.24, 2.45) is 5.14 Å². The van der Waals surface area contributed by atoms with E-state index < -0.39 is 21.8 Å². The molecule has 1 aliphatic heterocycles. The number of hydrogen-bond acceptors (Lipinski definition) is 8. The second-order valence-electron chi connectivity index (χ2n) is 9.07. The normalized spacial score (nSPS) is 16.3. The Hall–Kier alpha value is -2.38. The lowest BCUT2D eigenvalue weighted by Gasteiger charge is -2.22. The molecular formula is C23H36N6O5S. The van der Waals surface area contributed by atoms with E-state index >= 15 is 0 Å². The van der Waals surface area contributed by atoms with Crippen molar-refractivity contribution >= 4 is 27.7 Å². The van der Waals surface area contributed by atoms with Crippen molar-refractivity contribution in [3.05, 3.63) is 29.8 Å². The van der Waals surface area contributed by atoms with Crippen LogP contribution >= 0.6 is 0 Å². The van der Waals surface area contributed by atoms with E-state index in [-0.39, 0.29) is 36.5 Å². The van der Waals surface area contributed by atoms with Crippen molar-refractivity contribution in [3.63, 3.8) is 0 Å². The van der Waals surface area contributed by atoms with Gasteiger partial charge in [-0.3, -0.25) is 19.7 Å². The summed E-state index contributed by atoms with van der Waals surface area (Å²) in [6.07, 6.45) is 4.78. The first-order valence-electron chi connectivity index (χ1n) is 12.1. The third-order valence-corrected chi connectivity index (χ3v) is 7.04. The highest BCUT2D eigenvalue weighted by molar-refractivity contribution is 7.89. The van der Waals surface area contributed by atoms with Gasteiger partial charge in [-0.15, -0.1) is 0 Å². The molecule has 0 atom stereocenters. The number of hydrogen-bond donors (Lipinski definition) is 4. The number of carbonyl (C=O) groups excluding carboxylic acids is 3. The molecule has 1 aromatic rings. The Morgan fingerprint density at radius 3 is 2.26 bits per heavy atom. The Kier molecular flexibility index (Phi) is 10.2. The lowest BCUT2D eigenvalue weighted by atomic mass is 10.1. The van der Waals surface area contributed by atoms with E-state index in [1.807, 2.05) is 0 Å². The third kappa shape index (κ3) is 9.65. The predicted octanol–water partition coefficient (Wildman–Crippen LogP) is -1.21. The molecule has 11 nitrogen and oxygen atoms in total. The predicted molar refractivity (Wildman–Crippen MR) is 131 cm³/mol. The summed E-state index contributed by atoms with van der Waals surface area (Å²) in [4.78, 5) is 41.0. The molecule has 1 aliphatic carbocycles. The molecule has 0 spiro atoms. The number of carbonyl (C=O) groups is 3. The zero-order chi connectivity index (χ0) is 25.3. The van der Waals surface area contributed by atoms with Crippen LogP contribution in [0.15, 0.2) is 29.2 Å². The standard InChI is InChI=1S/C23H36N6O5S/c24-35(33,34)20-7-3-18(4-8-20)9-10-25-15-21(30)27-22(31)17-29(19-5-6-19)23(32)16-26-11-14-28-12-1-2-13-28/h3-4,7-8,19,25-26H,1-2,5-6,9-17H2,(H2,24,33,34)(H,27,30,31). The Morgan fingerprint density at radius 1 is 0.971 bits per heavy atom. The maximum atomic E-state index is 12.6. The fraction of sp³-hybridized carbons (Fsp3) is 0.609. The lowest BCUT2D eigenvalue weighted by Crippen LogP contribution is -2.48. The number of nitrogens with one attached hydrogen (secondary N) is 3. The van der Waals surface area contributed by atoms with E-state index in [2.05, 4.69) is 20.9 Å². The van der Waals surface area contributed by atoms with Crippen LogP contribution in [-0.4, -0.2) is 94.3 Å². The Bertz CT molecular complexity index is 975. The van der Waals surface area contributed by atoms with E-state index in [0.29, 0.717) is 13.0 Å². The summed E-state index contributed by atoms with van der Waals surface area (Å²) in [6.45, 7) is 4.35. The highest BCUT2D eigenvalue weighted by atomic mass is 32.2. The summed E-state index contributed by atoms with van der Waals surface area (Å²) >= 11 is 0. The first kappa shape index (κ1) is 27.2. The van der Waals surface area contributed by atoms with Crippen LogP contribution in [0.1, 0.15) is 31.2 Å². The van der Waals surface area contributed by atoms with E-state index in [1.165, 1.54) is 25.0 Å². The van der Waals surface area contributed by atoms with Gasteiger partial charge < -0.3 is 20.4 Å². The van der Waals surface area contributed by atoms with Crippen LogP contribution in [0, 0.1) is 0 Å². The fourth-order valence-electron chi connectivity index (χ4n) is 4.02. The van der Waals surface area contributed by atoms with Crippen molar-refractivity contribution in [1.29, 1.82) is 0 Å². The van der Waals surface area contributed by atoms with Gasteiger partial charge in [-0.2, -0.15) is 0 Å². The number of benzene rings is 1. The number of nitrogens with two attached hydrogens (primary N) is 1. The molecule has 1 aromatic carbocycles. The van der Waals surface area contributed by atoms with E-state index in [0.717, 1.165) is 44.6 Å². The van der Waals surface area contributed by atoms with Crippen molar-refractivity contribution in [2.75, 3.05) is 52.4 Å². The smallest absolute Gasteiger partial charge is 0.246 e. The Labute approximate surface area is 206 Å². The van der Waals surface area contributed by atoms with Crippen LogP contribution in [0.4, 0.5) is 0 Å². The van der Waals surface area contributed by atoms with Gasteiger partial charge in [0.25, 0.3) is 0 Å². The van der Waals surface area contributed by atoms with Gasteiger partial charge in [-0.05, 0) is 69.4 Å². The summed E-state index contributed by atoms with van der Waals surface area (Å²) in [5.41, 5.74) is 0.883. The molecule has 35 heavy (non-hydrogen) atoms. The summed E-state index contributed by atoms with van der Waals surface area (Å²) in [5, 5.41) is 13.5. The summed E-state index contributed by atoms with van der Waals surface area (Å²) in [7, 11) is -3.72. The monoisotopic (exact) mass is 508 g/mol. The third-order valence-electron chi connectivity index (χ3n) is 6.11. The molecule has 5 N–H and O–H groups in total. The first-order chi connectivity index (χ1) is 16.7. The van der Waals surface area contributed by atoms with Gasteiger partial charge in [-0.1, -0.05) is 12.1 Å². The van der Waals surface area contributed by atoms with E-state index in [4.69, 9.17) is 5.14 Å². The van der Waals surface area contributed by atoms with Gasteiger partial charge in [0.05, 0.1) is 18.0 Å². The van der Waals surface area contributed by atoms with Crippen LogP contribution < -0.4 is 21.1 Å². The number of sulfonamides is 1. The summed E-state index contributed by atoms with van der Waals surface area (Å²) < 4.78 is 22.6. The molecular weight excluding hydrogens is 472 g/mol. The molecule has 1 saturated heterocycles. The number of nitrogens with zero attached hydrogens (tertiary/aromatic N) is 2. The Morgan fingerprint density at radius 2 is 1.63 bits per heavy atom. The van der Waals surface area contributed by atoms with Crippen molar-refractivity contribution < 1.29 is 22.8 Å². The van der Waals surface area contributed by atoms with Gasteiger partial charge in [0.1, 0.15) is 6.54 Å². The quantitative estimate of drug-likeness (QED) is 0.228. The molecule has 194 valence electrons. The molecule has 0 radical (unpaired) electrons. The molecule has 12 heteroatoms. The molecule has 2 aliphatic rings. The minimum Gasteiger partial charge on any atom is -0.329 e. The lowest BCUT2D eigenvalue weighted by molar-refractivity contribution is -0.138. The number of likely N-dealkylation sites (tertiary alicyclic amines) is 1. The van der Waals surface area contributed by atoms with Crippen molar-refractivity contribution in [3.8, 4) is 0 Å². The summed E-state index contributed by atoms with van der Waals surface area (Å²) in [5.74, 6) is -1.08. The van der Waals surface area contributed by atoms with Gasteiger partial charge >= 0.3 is 0 Å². The largest absolute Gasteiger partial charge is 0.329 e.